The minimum absolute atomic E-state index is 0.414. The molecule has 0 aliphatic heterocycles. The fourth-order valence-corrected chi connectivity index (χ4v) is 1.69. The molecule has 0 fully saturated rings. The van der Waals surface area contributed by atoms with Gasteiger partial charge < -0.3 is 10.2 Å². The Kier molecular flexibility index (Phi) is 3.60. The van der Waals surface area contributed by atoms with Crippen molar-refractivity contribution in [2.24, 2.45) is 0 Å². The largest absolute Gasteiger partial charge is 0.350 e. The average molecular weight is 215 g/mol. The molecule has 0 spiro atoms. The summed E-state index contributed by atoms with van der Waals surface area (Å²) in [4.78, 5) is 9.56. The van der Waals surface area contributed by atoms with E-state index in [1.54, 1.807) is 31.2 Å². The van der Waals surface area contributed by atoms with E-state index < -0.39 is 8.03 Å². The van der Waals surface area contributed by atoms with Gasteiger partial charge in [-0.05, 0) is 19.1 Å². The number of rotatable bonds is 2. The molecular weight excluding hydrogens is 205 g/mol. The van der Waals surface area contributed by atoms with Crippen molar-refractivity contribution < 1.29 is 9.46 Å². The fourth-order valence-electron chi connectivity index (χ4n) is 0.968. The lowest BCUT2D eigenvalue weighted by Crippen LogP contribution is -2.11. The van der Waals surface area contributed by atoms with Gasteiger partial charge in [0.2, 0.25) is 8.03 Å². The number of anilines is 1. The molecule has 70 valence electrons. The van der Waals surface area contributed by atoms with Crippen molar-refractivity contribution >= 4 is 36.2 Å². The maximum Gasteiger partial charge on any atom is 0.220 e. The van der Waals surface area contributed by atoms with Crippen LogP contribution >= 0.6 is 20.2 Å². The Labute approximate surface area is 82.7 Å². The molecule has 13 heavy (non-hydrogen) atoms. The number of para-hydroxylation sites is 1. The summed E-state index contributed by atoms with van der Waals surface area (Å²) in [5.41, 5.74) is 0.612. The first-order valence-corrected chi connectivity index (χ1v) is 5.47. The number of hydrogen-bond acceptors (Lipinski definition) is 2. The highest BCUT2D eigenvalue weighted by molar-refractivity contribution is 7.80. The van der Waals surface area contributed by atoms with Gasteiger partial charge in [-0.25, -0.2) is 0 Å². The van der Waals surface area contributed by atoms with Crippen molar-refractivity contribution in [1.82, 2.24) is 0 Å². The number of benzene rings is 1. The molecule has 0 saturated carbocycles. The van der Waals surface area contributed by atoms with Gasteiger partial charge in [0.05, 0.1) is 16.0 Å². The number of hydrogen-bond donors (Lipinski definition) is 2. The van der Waals surface area contributed by atoms with Crippen LogP contribution in [-0.4, -0.2) is 9.88 Å². The Morgan fingerprint density at radius 2 is 2.15 bits per heavy atom. The van der Waals surface area contributed by atoms with Crippen LogP contribution in [0.4, 0.5) is 5.69 Å². The van der Waals surface area contributed by atoms with E-state index in [4.69, 9.17) is 17.1 Å². The molecule has 1 rings (SSSR count). The molecule has 0 aromatic heterocycles. The second-order valence-electron chi connectivity index (χ2n) is 2.53. The summed E-state index contributed by atoms with van der Waals surface area (Å²) >= 11 is 4.84. The van der Waals surface area contributed by atoms with Crippen molar-refractivity contribution in [1.29, 1.82) is 0 Å². The van der Waals surface area contributed by atoms with Gasteiger partial charge in [-0.15, -0.1) is 0 Å². The Morgan fingerprint density at radius 1 is 1.54 bits per heavy atom. The first kappa shape index (κ1) is 10.4. The van der Waals surface area contributed by atoms with Gasteiger partial charge in [-0.2, -0.15) is 0 Å². The van der Waals surface area contributed by atoms with Gasteiger partial charge in [-0.1, -0.05) is 24.4 Å². The van der Waals surface area contributed by atoms with Crippen LogP contribution in [0, 0.1) is 0 Å². The van der Waals surface area contributed by atoms with Crippen LogP contribution in [0.3, 0.4) is 0 Å². The zero-order valence-electron chi connectivity index (χ0n) is 7.07. The van der Waals surface area contributed by atoms with E-state index in [1.165, 1.54) is 0 Å². The summed E-state index contributed by atoms with van der Waals surface area (Å²) in [5.74, 6) is 0. The van der Waals surface area contributed by atoms with E-state index in [0.717, 1.165) is 0 Å². The van der Waals surface area contributed by atoms with Crippen molar-refractivity contribution in [3.63, 3.8) is 0 Å². The van der Waals surface area contributed by atoms with E-state index in [9.17, 15) is 4.57 Å². The zero-order valence-corrected chi connectivity index (χ0v) is 8.89. The summed E-state index contributed by atoms with van der Waals surface area (Å²) in [5, 5.41) is 3.27. The second-order valence-corrected chi connectivity index (χ2v) is 4.29. The molecule has 1 aromatic rings. The Bertz CT molecular complexity index is 354. The van der Waals surface area contributed by atoms with E-state index in [1.807, 2.05) is 0 Å². The first-order valence-electron chi connectivity index (χ1n) is 3.71. The summed E-state index contributed by atoms with van der Waals surface area (Å²) in [6, 6.07) is 6.85. The van der Waals surface area contributed by atoms with Crippen LogP contribution in [0.5, 0.6) is 0 Å². The molecule has 0 aliphatic rings. The normalized spacial score (nSPS) is 12.2. The standard InChI is InChI=1S/C8H10NO2PS/c1-6(13)9-7-4-2-3-5-8(7)12(10)11/h2-5,12H,1H3,(H,9,13)(H,10,11). The highest BCUT2D eigenvalue weighted by Gasteiger charge is 2.05. The molecule has 3 nitrogen and oxygen atoms in total. The minimum atomic E-state index is -2.66. The third-order valence-electron chi connectivity index (χ3n) is 1.47. The van der Waals surface area contributed by atoms with Gasteiger partial charge in [0.15, 0.2) is 0 Å². The van der Waals surface area contributed by atoms with Gasteiger partial charge in [-0.3, -0.25) is 4.57 Å². The molecule has 0 saturated heterocycles. The van der Waals surface area contributed by atoms with Crippen LogP contribution in [0.25, 0.3) is 0 Å². The van der Waals surface area contributed by atoms with Crippen LogP contribution in [0.2, 0.25) is 0 Å². The lowest BCUT2D eigenvalue weighted by Gasteiger charge is -2.07. The highest BCUT2D eigenvalue weighted by atomic mass is 32.1. The monoisotopic (exact) mass is 215 g/mol. The number of nitrogens with one attached hydrogen (secondary N) is 1. The van der Waals surface area contributed by atoms with Gasteiger partial charge in [0, 0.05) is 0 Å². The van der Waals surface area contributed by atoms with Crippen molar-refractivity contribution in [2.45, 2.75) is 6.92 Å². The predicted molar refractivity (Wildman–Crippen MR) is 59.2 cm³/mol. The average Bonchev–Trinajstić information content (AvgIpc) is 2.03. The predicted octanol–water partition coefficient (Wildman–Crippen LogP) is 1.54. The quantitative estimate of drug-likeness (QED) is 0.580. The first-order chi connectivity index (χ1) is 6.11. The molecular formula is C8H10NO2PS. The van der Waals surface area contributed by atoms with E-state index >= 15 is 0 Å². The lowest BCUT2D eigenvalue weighted by atomic mass is 10.3. The fraction of sp³-hybridized carbons (Fsp3) is 0.125. The summed E-state index contributed by atoms with van der Waals surface area (Å²) < 4.78 is 10.9. The summed E-state index contributed by atoms with van der Waals surface area (Å²) in [7, 11) is -2.66. The van der Waals surface area contributed by atoms with Crippen molar-refractivity contribution in [2.75, 3.05) is 5.32 Å². The van der Waals surface area contributed by atoms with Crippen LogP contribution in [0.15, 0.2) is 24.3 Å². The van der Waals surface area contributed by atoms with Gasteiger partial charge in [0.1, 0.15) is 0 Å². The molecule has 0 radical (unpaired) electrons. The Balaban J connectivity index is 3.04. The summed E-state index contributed by atoms with van der Waals surface area (Å²) in [6.45, 7) is 1.72. The lowest BCUT2D eigenvalue weighted by molar-refractivity contribution is 0.513. The van der Waals surface area contributed by atoms with Crippen LogP contribution in [-0.2, 0) is 4.57 Å². The SMILES string of the molecule is CC(=S)Nc1ccccc1[PH](=O)O. The molecule has 1 unspecified atom stereocenters. The smallest absolute Gasteiger partial charge is 0.220 e. The second kappa shape index (κ2) is 4.51. The highest BCUT2D eigenvalue weighted by Crippen LogP contribution is 2.19. The van der Waals surface area contributed by atoms with Gasteiger partial charge in [0.25, 0.3) is 0 Å². The van der Waals surface area contributed by atoms with Crippen LogP contribution < -0.4 is 10.6 Å². The number of thiocarbonyl (C=S) groups is 1. The maximum absolute atomic E-state index is 10.9. The Morgan fingerprint density at radius 3 is 2.69 bits per heavy atom. The molecule has 0 bridgehead atoms. The molecule has 0 amide bonds. The Hall–Kier alpha value is -0.700. The van der Waals surface area contributed by atoms with Crippen LogP contribution in [0.1, 0.15) is 6.92 Å². The molecule has 0 aliphatic carbocycles. The third kappa shape index (κ3) is 2.92. The molecule has 2 N–H and O–H groups in total. The molecule has 1 atom stereocenters. The van der Waals surface area contributed by atoms with E-state index in [0.29, 0.717) is 16.0 Å². The molecule has 5 heteroatoms. The molecule has 1 aromatic carbocycles. The topological polar surface area (TPSA) is 49.3 Å². The maximum atomic E-state index is 10.9. The third-order valence-corrected chi connectivity index (χ3v) is 2.47. The van der Waals surface area contributed by atoms with E-state index in [2.05, 4.69) is 5.32 Å². The van der Waals surface area contributed by atoms with E-state index in [-0.39, 0.29) is 0 Å². The van der Waals surface area contributed by atoms with Gasteiger partial charge >= 0.3 is 0 Å². The minimum Gasteiger partial charge on any atom is -0.350 e. The summed E-state index contributed by atoms with van der Waals surface area (Å²) in [6.07, 6.45) is 0. The van der Waals surface area contributed by atoms with Crippen molar-refractivity contribution in [3.8, 4) is 0 Å². The molecule has 0 heterocycles. The van der Waals surface area contributed by atoms with Crippen molar-refractivity contribution in [3.05, 3.63) is 24.3 Å². The zero-order chi connectivity index (χ0) is 9.84.